The fourth-order valence-electron chi connectivity index (χ4n) is 1.88. The lowest BCUT2D eigenvalue weighted by Gasteiger charge is -2.11. The van der Waals surface area contributed by atoms with Crippen LogP contribution in [-0.2, 0) is 16.6 Å². The Morgan fingerprint density at radius 2 is 1.87 bits per heavy atom. The first-order valence-corrected chi connectivity index (χ1v) is 7.97. The maximum absolute atomic E-state index is 12.8. The van der Waals surface area contributed by atoms with Gasteiger partial charge in [-0.2, -0.15) is 0 Å². The molecule has 0 aromatic heterocycles. The first-order chi connectivity index (χ1) is 10.8. The maximum atomic E-state index is 12.8. The Morgan fingerprint density at radius 3 is 2.43 bits per heavy atom. The summed E-state index contributed by atoms with van der Waals surface area (Å²) in [5.74, 6) is -1.64. The van der Waals surface area contributed by atoms with E-state index in [4.69, 9.17) is 9.84 Å². The number of nitrogens with one attached hydrogen (secondary N) is 1. The number of rotatable bonds is 6. The summed E-state index contributed by atoms with van der Waals surface area (Å²) in [7, 11) is -2.71. The molecule has 0 saturated carbocycles. The number of ether oxygens (including phenoxy) is 1. The predicted octanol–water partition coefficient (Wildman–Crippen LogP) is 2.01. The molecule has 0 fully saturated rings. The average molecular weight is 339 g/mol. The number of hydrogen-bond acceptors (Lipinski definition) is 4. The zero-order valence-corrected chi connectivity index (χ0v) is 12.9. The molecular formula is C15H14FNO5S. The first-order valence-electron chi connectivity index (χ1n) is 6.49. The lowest BCUT2D eigenvalue weighted by Crippen LogP contribution is -2.24. The minimum Gasteiger partial charge on any atom is -0.495 e. The van der Waals surface area contributed by atoms with Crippen molar-refractivity contribution in [3.8, 4) is 5.75 Å². The molecule has 2 N–H and O–H groups in total. The molecule has 2 rings (SSSR count). The van der Waals surface area contributed by atoms with E-state index in [9.17, 15) is 17.6 Å². The van der Waals surface area contributed by atoms with E-state index in [0.29, 0.717) is 5.56 Å². The van der Waals surface area contributed by atoms with E-state index in [1.807, 2.05) is 0 Å². The third-order valence-corrected chi connectivity index (χ3v) is 4.50. The molecular weight excluding hydrogens is 325 g/mol. The fourth-order valence-corrected chi connectivity index (χ4v) is 3.09. The van der Waals surface area contributed by atoms with Crippen LogP contribution in [0, 0.1) is 5.82 Å². The van der Waals surface area contributed by atoms with E-state index in [1.165, 1.54) is 43.5 Å². The van der Waals surface area contributed by atoms with Crippen LogP contribution in [0.15, 0.2) is 47.4 Å². The van der Waals surface area contributed by atoms with Crippen LogP contribution in [-0.4, -0.2) is 26.6 Å². The molecule has 0 bridgehead atoms. The van der Waals surface area contributed by atoms with E-state index in [2.05, 4.69) is 4.72 Å². The van der Waals surface area contributed by atoms with E-state index in [-0.39, 0.29) is 22.8 Å². The topological polar surface area (TPSA) is 92.7 Å². The van der Waals surface area contributed by atoms with Gasteiger partial charge in [-0.1, -0.05) is 12.1 Å². The van der Waals surface area contributed by atoms with E-state index >= 15 is 0 Å². The maximum Gasteiger partial charge on any atom is 0.335 e. The second-order valence-corrected chi connectivity index (χ2v) is 6.36. The van der Waals surface area contributed by atoms with Crippen LogP contribution in [0.5, 0.6) is 5.75 Å². The van der Waals surface area contributed by atoms with Gasteiger partial charge in [0.1, 0.15) is 16.5 Å². The highest BCUT2D eigenvalue weighted by Crippen LogP contribution is 2.25. The molecule has 6 nitrogen and oxygen atoms in total. The fraction of sp³-hybridized carbons (Fsp3) is 0.133. The minimum atomic E-state index is -4.00. The van der Waals surface area contributed by atoms with Gasteiger partial charge in [-0.05, 0) is 35.9 Å². The van der Waals surface area contributed by atoms with Crippen molar-refractivity contribution in [3.05, 3.63) is 59.4 Å². The van der Waals surface area contributed by atoms with Crippen LogP contribution in [0.3, 0.4) is 0 Å². The van der Waals surface area contributed by atoms with Crippen molar-refractivity contribution in [2.24, 2.45) is 0 Å². The second-order valence-electron chi connectivity index (χ2n) is 4.62. The normalized spacial score (nSPS) is 11.2. The Morgan fingerprint density at radius 1 is 1.22 bits per heavy atom. The molecule has 0 aliphatic carbocycles. The molecule has 2 aromatic rings. The zero-order valence-electron chi connectivity index (χ0n) is 12.1. The Labute approximate surface area is 132 Å². The van der Waals surface area contributed by atoms with Crippen molar-refractivity contribution < 1.29 is 27.4 Å². The molecule has 0 radical (unpaired) electrons. The summed E-state index contributed by atoms with van der Waals surface area (Å²) in [5, 5.41) is 8.98. The summed E-state index contributed by atoms with van der Waals surface area (Å²) in [6, 6.07) is 8.88. The van der Waals surface area contributed by atoms with E-state index in [1.54, 1.807) is 0 Å². The van der Waals surface area contributed by atoms with Crippen molar-refractivity contribution >= 4 is 16.0 Å². The van der Waals surface area contributed by atoms with Crippen molar-refractivity contribution in [1.29, 1.82) is 0 Å². The van der Waals surface area contributed by atoms with E-state index < -0.39 is 21.8 Å². The highest BCUT2D eigenvalue weighted by atomic mass is 32.2. The van der Waals surface area contributed by atoms with Crippen LogP contribution in [0.1, 0.15) is 15.9 Å². The molecule has 0 aliphatic heterocycles. The standard InChI is InChI=1S/C15H14FNO5S/c1-22-13-7-4-11(15(18)19)8-14(13)23(20,21)17-9-10-2-5-12(16)6-3-10/h2-8,17H,9H2,1H3,(H,18,19). The Kier molecular flexibility index (Phi) is 4.97. The molecule has 0 unspecified atom stereocenters. The molecule has 0 amide bonds. The van der Waals surface area contributed by atoms with Gasteiger partial charge in [0.25, 0.3) is 0 Å². The summed E-state index contributed by atoms with van der Waals surface area (Å²) in [6.07, 6.45) is 0. The monoisotopic (exact) mass is 339 g/mol. The van der Waals surface area contributed by atoms with Gasteiger partial charge in [-0.25, -0.2) is 22.3 Å². The molecule has 0 saturated heterocycles. The van der Waals surface area contributed by atoms with E-state index in [0.717, 1.165) is 6.07 Å². The average Bonchev–Trinajstić information content (AvgIpc) is 2.53. The van der Waals surface area contributed by atoms with Crippen molar-refractivity contribution in [2.75, 3.05) is 7.11 Å². The molecule has 0 atom stereocenters. The number of benzene rings is 2. The minimum absolute atomic E-state index is 0.0293. The van der Waals surface area contributed by atoms with Crippen molar-refractivity contribution in [1.82, 2.24) is 4.72 Å². The summed E-state index contributed by atoms with van der Waals surface area (Å²) in [4.78, 5) is 10.7. The lowest BCUT2D eigenvalue weighted by molar-refractivity contribution is 0.0696. The zero-order chi connectivity index (χ0) is 17.0. The van der Waals surface area contributed by atoms with Gasteiger partial charge in [0.2, 0.25) is 10.0 Å². The summed E-state index contributed by atoms with van der Waals surface area (Å²) in [5.41, 5.74) is 0.385. The molecule has 0 heterocycles. The number of carbonyl (C=O) groups is 1. The quantitative estimate of drug-likeness (QED) is 0.840. The predicted molar refractivity (Wildman–Crippen MR) is 80.4 cm³/mol. The smallest absolute Gasteiger partial charge is 0.335 e. The number of halogens is 1. The number of carboxylic acid groups (broad SMARTS) is 1. The summed E-state index contributed by atoms with van der Waals surface area (Å²) in [6.45, 7) is -0.0664. The molecule has 0 spiro atoms. The van der Waals surface area contributed by atoms with Crippen LogP contribution in [0.4, 0.5) is 4.39 Å². The molecule has 23 heavy (non-hydrogen) atoms. The molecule has 8 heteroatoms. The number of carboxylic acids is 1. The highest BCUT2D eigenvalue weighted by molar-refractivity contribution is 7.89. The van der Waals surface area contributed by atoms with Crippen LogP contribution in [0.25, 0.3) is 0 Å². The van der Waals surface area contributed by atoms with Crippen LogP contribution >= 0.6 is 0 Å². The third-order valence-electron chi connectivity index (χ3n) is 3.08. The van der Waals surface area contributed by atoms with Gasteiger partial charge in [-0.15, -0.1) is 0 Å². The van der Waals surface area contributed by atoms with Gasteiger partial charge in [-0.3, -0.25) is 0 Å². The largest absolute Gasteiger partial charge is 0.495 e. The second kappa shape index (κ2) is 6.76. The SMILES string of the molecule is COc1ccc(C(=O)O)cc1S(=O)(=O)NCc1ccc(F)cc1. The van der Waals surface area contributed by atoms with Gasteiger partial charge < -0.3 is 9.84 Å². The number of sulfonamides is 1. The summed E-state index contributed by atoms with van der Waals surface area (Å²) >= 11 is 0. The molecule has 122 valence electrons. The van der Waals surface area contributed by atoms with Crippen LogP contribution in [0.2, 0.25) is 0 Å². The van der Waals surface area contributed by atoms with Gasteiger partial charge in [0.15, 0.2) is 0 Å². The first kappa shape index (κ1) is 16.9. The van der Waals surface area contributed by atoms with Gasteiger partial charge >= 0.3 is 5.97 Å². The van der Waals surface area contributed by atoms with Gasteiger partial charge in [0, 0.05) is 6.54 Å². The Balaban J connectivity index is 2.29. The highest BCUT2D eigenvalue weighted by Gasteiger charge is 2.21. The Bertz CT molecular complexity index is 818. The number of methoxy groups -OCH3 is 1. The summed E-state index contributed by atoms with van der Waals surface area (Å²) < 4.78 is 44.9. The Hall–Kier alpha value is -2.45. The number of aromatic carboxylic acids is 1. The third kappa shape index (κ3) is 4.05. The lowest BCUT2D eigenvalue weighted by atomic mass is 10.2. The molecule has 2 aromatic carbocycles. The number of hydrogen-bond donors (Lipinski definition) is 2. The van der Waals surface area contributed by atoms with Crippen LogP contribution < -0.4 is 9.46 Å². The van der Waals surface area contributed by atoms with Gasteiger partial charge in [0.05, 0.1) is 12.7 Å². The van der Waals surface area contributed by atoms with Crippen molar-refractivity contribution in [2.45, 2.75) is 11.4 Å². The van der Waals surface area contributed by atoms with Crippen molar-refractivity contribution in [3.63, 3.8) is 0 Å². The molecule has 0 aliphatic rings.